The number of benzene rings is 1. The Morgan fingerprint density at radius 2 is 2.18 bits per heavy atom. The molecule has 1 aromatic carbocycles. The van der Waals surface area contributed by atoms with Crippen molar-refractivity contribution < 1.29 is 0 Å². The lowest BCUT2D eigenvalue weighted by molar-refractivity contribution is 0.882. The van der Waals surface area contributed by atoms with Gasteiger partial charge in [0.25, 0.3) is 0 Å². The van der Waals surface area contributed by atoms with Gasteiger partial charge in [-0.05, 0) is 42.5 Å². The zero-order chi connectivity index (χ0) is 11.8. The molecule has 0 amide bonds. The first-order valence-electron chi connectivity index (χ1n) is 5.30. The predicted molar refractivity (Wildman–Crippen MR) is 70.7 cm³/mol. The molecule has 4 radical (unpaired) electrons. The van der Waals surface area contributed by atoms with Crippen molar-refractivity contribution in [2.24, 2.45) is 0 Å². The van der Waals surface area contributed by atoms with Crippen LogP contribution in [0.3, 0.4) is 0 Å². The van der Waals surface area contributed by atoms with Gasteiger partial charge >= 0.3 is 0 Å². The molecule has 0 aliphatic rings. The van der Waals surface area contributed by atoms with Crippen LogP contribution in [0, 0.1) is 14.0 Å². The molecule has 82 valence electrons. The van der Waals surface area contributed by atoms with Crippen LogP contribution < -0.4 is 0 Å². The third kappa shape index (κ3) is 1.76. The van der Waals surface area contributed by atoms with Gasteiger partial charge in [0.15, 0.2) is 0 Å². The molecule has 2 aromatic heterocycles. The Labute approximate surface area is 105 Å². The molecule has 17 heavy (non-hydrogen) atoms. The number of fused-ring (bicyclic) bond motifs is 1. The molecule has 0 saturated carbocycles. The third-order valence-electron chi connectivity index (χ3n) is 2.73. The van der Waals surface area contributed by atoms with E-state index in [2.05, 4.69) is 23.3 Å². The van der Waals surface area contributed by atoms with Gasteiger partial charge < -0.3 is 0 Å². The number of hydrogen-bond acceptors (Lipinski definition) is 2. The lowest BCUT2D eigenvalue weighted by Gasteiger charge is -1.96. The molecule has 0 atom stereocenters. The van der Waals surface area contributed by atoms with Crippen LogP contribution in [0.25, 0.3) is 20.7 Å². The molecule has 3 heteroatoms. The Balaban J connectivity index is 2.19. The summed E-state index contributed by atoms with van der Waals surface area (Å²) in [5.74, 6) is 0. The maximum atomic E-state index is 5.73. The summed E-state index contributed by atoms with van der Waals surface area (Å²) < 4.78 is 2.55. The summed E-state index contributed by atoms with van der Waals surface area (Å²) in [5, 5.41) is 5.42. The van der Waals surface area contributed by atoms with Gasteiger partial charge in [0, 0.05) is 10.9 Å². The molecule has 2 nitrogen and oxygen atoms in total. The zero-order valence-corrected chi connectivity index (χ0v) is 9.95. The van der Waals surface area contributed by atoms with Gasteiger partial charge in [0.05, 0.1) is 4.88 Å². The highest BCUT2D eigenvalue weighted by atomic mass is 32.1. The van der Waals surface area contributed by atoms with Crippen molar-refractivity contribution in [3.63, 3.8) is 0 Å². The lowest BCUT2D eigenvalue weighted by Crippen LogP contribution is -1.83. The Hall–Kier alpha value is -1.61. The average Bonchev–Trinajstić information content (AvgIpc) is 2.93. The highest BCUT2D eigenvalue weighted by molar-refractivity contribution is 7.22. The van der Waals surface area contributed by atoms with Gasteiger partial charge in [0.2, 0.25) is 0 Å². The molecule has 0 N–H and O–H groups in total. The molecule has 3 aromatic rings. The Morgan fingerprint density at radius 1 is 1.29 bits per heavy atom. The van der Waals surface area contributed by atoms with Crippen LogP contribution in [0.4, 0.5) is 0 Å². The molecule has 0 saturated heterocycles. The average molecular weight is 238 g/mol. The molecular formula is C14H10N2S. The van der Waals surface area contributed by atoms with Crippen LogP contribution in [0.15, 0.2) is 36.5 Å². The normalized spacial score (nSPS) is 11.2. The minimum Gasteiger partial charge on any atom is -0.265 e. The largest absolute Gasteiger partial charge is 0.265 e. The standard InChI is InChI=1S/C14H10N2S/c1-3-10-5-4-6-13-11(10)9-14(17-13)12-7-8-16(2)15-12/h1-2,4-9H,3H2. The molecule has 3 rings (SSSR count). The first-order chi connectivity index (χ1) is 8.28. The maximum absolute atomic E-state index is 5.73. The summed E-state index contributed by atoms with van der Waals surface area (Å²) in [7, 11) is 5.56. The second kappa shape index (κ2) is 4.00. The van der Waals surface area contributed by atoms with Gasteiger partial charge in [-0.25, -0.2) is 0 Å². The summed E-state index contributed by atoms with van der Waals surface area (Å²) in [6, 6.07) is 10.2. The first-order valence-corrected chi connectivity index (χ1v) is 6.12. The minimum atomic E-state index is 0.554. The van der Waals surface area contributed by atoms with Crippen molar-refractivity contribution >= 4 is 21.4 Å². The molecule has 0 spiro atoms. The van der Waals surface area contributed by atoms with Crippen LogP contribution in [-0.4, -0.2) is 9.78 Å². The van der Waals surface area contributed by atoms with E-state index >= 15 is 0 Å². The highest BCUT2D eigenvalue weighted by Crippen LogP contribution is 2.34. The summed E-state index contributed by atoms with van der Waals surface area (Å²) >= 11 is 1.71. The van der Waals surface area contributed by atoms with Gasteiger partial charge in [-0.3, -0.25) is 4.68 Å². The topological polar surface area (TPSA) is 17.8 Å². The number of hydrogen-bond donors (Lipinski definition) is 0. The first kappa shape index (κ1) is 10.5. The number of aromatic nitrogens is 2. The molecular weight excluding hydrogens is 228 g/mol. The monoisotopic (exact) mass is 238 g/mol. The zero-order valence-electron chi connectivity index (χ0n) is 9.13. The van der Waals surface area contributed by atoms with Crippen LogP contribution >= 0.6 is 11.3 Å². The highest BCUT2D eigenvalue weighted by Gasteiger charge is 2.08. The SMILES string of the molecule is [CH]Cc1cccc2sc(-c3ccn([CH])n3)cc12. The van der Waals surface area contributed by atoms with Crippen LogP contribution in [0.2, 0.25) is 0 Å². The summed E-state index contributed by atoms with van der Waals surface area (Å²) in [6.45, 7) is 5.73. The van der Waals surface area contributed by atoms with Crippen LogP contribution in [0.5, 0.6) is 0 Å². The Bertz CT molecular complexity index is 664. The number of nitrogens with zero attached hydrogens (tertiary/aromatic N) is 2. The molecule has 0 fully saturated rings. The van der Waals surface area contributed by atoms with Gasteiger partial charge in [-0.1, -0.05) is 12.1 Å². The van der Waals surface area contributed by atoms with E-state index in [9.17, 15) is 0 Å². The maximum Gasteiger partial charge on any atom is 0.102 e. The van der Waals surface area contributed by atoms with Crippen molar-refractivity contribution in [2.75, 3.05) is 0 Å². The smallest absolute Gasteiger partial charge is 0.102 e. The predicted octanol–water partition coefficient (Wildman–Crippen LogP) is 3.54. The van der Waals surface area contributed by atoms with Crippen LogP contribution in [-0.2, 0) is 6.42 Å². The van der Waals surface area contributed by atoms with Crippen molar-refractivity contribution in [1.29, 1.82) is 0 Å². The Kier molecular flexibility index (Phi) is 2.48. The van der Waals surface area contributed by atoms with Gasteiger partial charge in [-0.15, -0.1) is 11.3 Å². The van der Waals surface area contributed by atoms with Gasteiger partial charge in [0.1, 0.15) is 12.7 Å². The summed E-state index contributed by atoms with van der Waals surface area (Å²) in [5.41, 5.74) is 2.06. The lowest BCUT2D eigenvalue weighted by atomic mass is 10.1. The fourth-order valence-corrected chi connectivity index (χ4v) is 2.97. The summed E-state index contributed by atoms with van der Waals surface area (Å²) in [4.78, 5) is 1.12. The molecule has 0 unspecified atom stereocenters. The van der Waals surface area contributed by atoms with Crippen molar-refractivity contribution in [3.05, 3.63) is 56.1 Å². The fourth-order valence-electron chi connectivity index (χ4n) is 1.89. The van der Waals surface area contributed by atoms with Crippen molar-refractivity contribution in [2.45, 2.75) is 6.42 Å². The Morgan fingerprint density at radius 3 is 2.88 bits per heavy atom. The minimum absolute atomic E-state index is 0.554. The number of thiophene rings is 1. The van der Waals surface area contributed by atoms with E-state index < -0.39 is 0 Å². The van der Waals surface area contributed by atoms with Gasteiger partial charge in [-0.2, -0.15) is 5.10 Å². The van der Waals surface area contributed by atoms with E-state index in [1.807, 2.05) is 12.1 Å². The fraction of sp³-hybridized carbons (Fsp3) is 0.0714. The third-order valence-corrected chi connectivity index (χ3v) is 3.86. The van der Waals surface area contributed by atoms with Crippen molar-refractivity contribution in [1.82, 2.24) is 9.78 Å². The molecule has 2 heterocycles. The quantitative estimate of drug-likeness (QED) is 0.667. The summed E-state index contributed by atoms with van der Waals surface area (Å²) in [6.07, 6.45) is 2.29. The molecule has 0 aliphatic carbocycles. The van der Waals surface area contributed by atoms with E-state index in [1.54, 1.807) is 17.5 Å². The van der Waals surface area contributed by atoms with E-state index in [4.69, 9.17) is 14.0 Å². The second-order valence-electron chi connectivity index (χ2n) is 3.82. The molecule has 0 bridgehead atoms. The second-order valence-corrected chi connectivity index (χ2v) is 4.91. The van der Waals surface area contributed by atoms with Crippen molar-refractivity contribution in [3.8, 4) is 10.6 Å². The number of rotatable bonds is 2. The van der Waals surface area contributed by atoms with Crippen LogP contribution in [0.1, 0.15) is 5.56 Å². The van der Waals surface area contributed by atoms with E-state index in [1.165, 1.54) is 14.8 Å². The van der Waals surface area contributed by atoms with E-state index in [0.29, 0.717) is 6.42 Å². The molecule has 0 aliphatic heterocycles. The van der Waals surface area contributed by atoms with E-state index in [0.717, 1.165) is 16.1 Å². The van der Waals surface area contributed by atoms with E-state index in [-0.39, 0.29) is 0 Å².